The van der Waals surface area contributed by atoms with Crippen LogP contribution in [0, 0.1) is 11.8 Å². The average molecular weight is 349 g/mol. The first-order chi connectivity index (χ1) is 10.0. The number of allylic oxidation sites excluding steroid dienone is 6. The molecule has 0 aliphatic carbocycles. The van der Waals surface area contributed by atoms with E-state index in [1.54, 1.807) is 0 Å². The molecule has 0 saturated heterocycles. The van der Waals surface area contributed by atoms with Crippen LogP contribution in [0.3, 0.4) is 0 Å². The van der Waals surface area contributed by atoms with Gasteiger partial charge in [-0.1, -0.05) is 0 Å². The molecule has 21 heavy (non-hydrogen) atoms. The molecule has 0 N–H and O–H groups in total. The third-order valence-corrected chi connectivity index (χ3v) is 15.7. The molecule has 0 spiro atoms. The van der Waals surface area contributed by atoms with Crippen LogP contribution in [0.15, 0.2) is 49.6 Å². The fourth-order valence-corrected chi connectivity index (χ4v) is 9.01. The molecule has 1 heteroatoms. The van der Waals surface area contributed by atoms with Crippen molar-refractivity contribution >= 4 is 13.3 Å². The first-order valence-corrected chi connectivity index (χ1v) is 14.5. The fraction of sp³-hybridized carbons (Fsp3) is 0.600. The van der Waals surface area contributed by atoms with Crippen LogP contribution in [0.1, 0.15) is 40.5 Å². The molecule has 0 nitrogen and oxygen atoms in total. The van der Waals surface area contributed by atoms with Gasteiger partial charge in [0, 0.05) is 0 Å². The zero-order chi connectivity index (χ0) is 16.1. The predicted molar refractivity (Wildman–Crippen MR) is 103 cm³/mol. The zero-order valence-electron chi connectivity index (χ0n) is 14.8. The Morgan fingerprint density at radius 1 is 0.762 bits per heavy atom. The van der Waals surface area contributed by atoms with E-state index in [1.165, 1.54) is 21.0 Å². The van der Waals surface area contributed by atoms with Crippen molar-refractivity contribution in [3.05, 3.63) is 49.6 Å². The summed E-state index contributed by atoms with van der Waals surface area (Å²) in [6.07, 6.45) is 16.1. The van der Waals surface area contributed by atoms with E-state index in [9.17, 15) is 0 Å². The molecule has 0 aliphatic heterocycles. The van der Waals surface area contributed by atoms with Gasteiger partial charge in [0.15, 0.2) is 0 Å². The van der Waals surface area contributed by atoms with E-state index in [0.29, 0.717) is 11.8 Å². The van der Waals surface area contributed by atoms with Crippen molar-refractivity contribution in [2.45, 2.75) is 61.5 Å². The topological polar surface area (TPSA) is 0 Å². The average Bonchev–Trinajstić information content (AvgIpc) is 2.53. The Kier molecular flexibility index (Phi) is 11.8. The molecular weight excluding hydrogens is 313 g/mol. The molecule has 2 unspecified atom stereocenters. The number of hydrogen-bond acceptors (Lipinski definition) is 0. The SMILES string of the molecule is C=CC(C)C/C=C/[CH2][Ge]([CH2]C)([CH2]C)[CH2]/C=C/CC(C)C=C. The summed E-state index contributed by atoms with van der Waals surface area (Å²) in [7, 11) is 0. The Balaban J connectivity index is 4.41. The minimum atomic E-state index is -1.68. The van der Waals surface area contributed by atoms with Crippen LogP contribution in [-0.4, -0.2) is 13.3 Å². The summed E-state index contributed by atoms with van der Waals surface area (Å²) in [5, 5.41) is 5.61. The van der Waals surface area contributed by atoms with Gasteiger partial charge in [-0.25, -0.2) is 0 Å². The molecule has 0 aliphatic rings. The molecule has 2 atom stereocenters. The molecule has 0 aromatic carbocycles. The third-order valence-electron chi connectivity index (χ3n) is 4.76. The van der Waals surface area contributed by atoms with E-state index in [1.807, 2.05) is 12.2 Å². The molecule has 0 fully saturated rings. The van der Waals surface area contributed by atoms with Crippen LogP contribution < -0.4 is 0 Å². The molecule has 0 amide bonds. The molecule has 0 bridgehead atoms. The van der Waals surface area contributed by atoms with Gasteiger partial charge in [0.25, 0.3) is 0 Å². The Labute approximate surface area is 136 Å². The van der Waals surface area contributed by atoms with Crippen molar-refractivity contribution in [1.82, 2.24) is 0 Å². The van der Waals surface area contributed by atoms with Crippen LogP contribution in [0.2, 0.25) is 21.0 Å². The standard InChI is InChI=1S/C20H36Ge/c1-7-19(5)15-11-13-17-21(9-3,10-4)18-14-12-16-20(6)8-2/h7-8,11-14,19-20H,1-2,9-10,15-18H2,3-6H3/b13-11+,14-12+. The third kappa shape index (κ3) is 9.19. The van der Waals surface area contributed by atoms with Crippen LogP contribution >= 0.6 is 0 Å². The van der Waals surface area contributed by atoms with Crippen LogP contribution in [0.4, 0.5) is 0 Å². The van der Waals surface area contributed by atoms with Gasteiger partial charge in [0.05, 0.1) is 0 Å². The molecule has 120 valence electrons. The van der Waals surface area contributed by atoms with Crippen molar-refractivity contribution in [2.75, 3.05) is 0 Å². The summed E-state index contributed by atoms with van der Waals surface area (Å²) in [5.74, 6) is 1.21. The van der Waals surface area contributed by atoms with E-state index in [4.69, 9.17) is 0 Å². The molecular formula is C20H36Ge. The molecule has 0 heterocycles. The molecule has 0 aromatic heterocycles. The summed E-state index contributed by atoms with van der Waals surface area (Å²) in [6.45, 7) is 17.0. The van der Waals surface area contributed by atoms with Gasteiger partial charge >= 0.3 is 136 Å². The van der Waals surface area contributed by atoms with Crippen molar-refractivity contribution < 1.29 is 0 Å². The first-order valence-electron chi connectivity index (χ1n) is 8.58. The maximum absolute atomic E-state index is 3.85. The summed E-state index contributed by atoms with van der Waals surface area (Å²) >= 11 is -1.68. The van der Waals surface area contributed by atoms with Gasteiger partial charge in [-0.15, -0.1) is 0 Å². The quantitative estimate of drug-likeness (QED) is 0.263. The van der Waals surface area contributed by atoms with Crippen molar-refractivity contribution in [3.8, 4) is 0 Å². The number of rotatable bonds is 12. The van der Waals surface area contributed by atoms with Gasteiger partial charge in [0.2, 0.25) is 0 Å². The summed E-state index contributed by atoms with van der Waals surface area (Å²) in [6, 6.07) is 0. The predicted octanol–water partition coefficient (Wildman–Crippen LogP) is 7.01. The summed E-state index contributed by atoms with van der Waals surface area (Å²) < 4.78 is 0. The maximum atomic E-state index is 3.85. The summed E-state index contributed by atoms with van der Waals surface area (Å²) in [5.41, 5.74) is 0. The molecule has 0 radical (unpaired) electrons. The monoisotopic (exact) mass is 350 g/mol. The minimum absolute atomic E-state index is 0.603. The zero-order valence-corrected chi connectivity index (χ0v) is 16.9. The second-order valence-corrected chi connectivity index (χ2v) is 17.4. The normalized spacial score (nSPS) is 15.4. The van der Waals surface area contributed by atoms with Crippen molar-refractivity contribution in [2.24, 2.45) is 11.8 Å². The molecule has 0 saturated carbocycles. The van der Waals surface area contributed by atoms with Gasteiger partial charge < -0.3 is 0 Å². The van der Waals surface area contributed by atoms with E-state index >= 15 is 0 Å². The molecule has 0 aromatic rings. The Bertz CT molecular complexity index is 304. The molecule has 0 rings (SSSR count). The van der Waals surface area contributed by atoms with Gasteiger partial charge in [-0.3, -0.25) is 0 Å². The Hall–Kier alpha value is -0.497. The van der Waals surface area contributed by atoms with E-state index < -0.39 is 13.3 Å². The van der Waals surface area contributed by atoms with Crippen LogP contribution in [-0.2, 0) is 0 Å². The van der Waals surface area contributed by atoms with Crippen molar-refractivity contribution in [3.63, 3.8) is 0 Å². The van der Waals surface area contributed by atoms with Crippen LogP contribution in [0.5, 0.6) is 0 Å². The van der Waals surface area contributed by atoms with E-state index in [0.717, 1.165) is 12.8 Å². The Morgan fingerprint density at radius 3 is 1.43 bits per heavy atom. The van der Waals surface area contributed by atoms with Crippen LogP contribution in [0.25, 0.3) is 0 Å². The fourth-order valence-electron chi connectivity index (χ4n) is 2.39. The van der Waals surface area contributed by atoms with Gasteiger partial charge in [-0.05, 0) is 0 Å². The van der Waals surface area contributed by atoms with E-state index in [-0.39, 0.29) is 0 Å². The summed E-state index contributed by atoms with van der Waals surface area (Å²) in [4.78, 5) is 0. The van der Waals surface area contributed by atoms with Crippen molar-refractivity contribution in [1.29, 1.82) is 0 Å². The second kappa shape index (κ2) is 12.1. The Morgan fingerprint density at radius 2 is 1.14 bits per heavy atom. The first kappa shape index (κ1) is 20.5. The second-order valence-electron chi connectivity index (χ2n) is 6.46. The van der Waals surface area contributed by atoms with Gasteiger partial charge in [0.1, 0.15) is 0 Å². The van der Waals surface area contributed by atoms with E-state index in [2.05, 4.69) is 65.2 Å². The number of hydrogen-bond donors (Lipinski definition) is 0. The van der Waals surface area contributed by atoms with Gasteiger partial charge in [-0.2, -0.15) is 0 Å².